The first-order valence-corrected chi connectivity index (χ1v) is 10.0. The Bertz CT molecular complexity index is 1070. The minimum atomic E-state index is 0.583. The zero-order valence-corrected chi connectivity index (χ0v) is 16.2. The van der Waals surface area contributed by atoms with Crippen molar-refractivity contribution in [2.24, 2.45) is 0 Å². The van der Waals surface area contributed by atoms with Crippen LogP contribution in [0.5, 0.6) is 0 Å². The molecule has 2 heterocycles. The smallest absolute Gasteiger partial charge is 0.0394 e. The van der Waals surface area contributed by atoms with Gasteiger partial charge in [0.15, 0.2) is 0 Å². The number of nitrogens with zero attached hydrogens (tertiary/aromatic N) is 2. The summed E-state index contributed by atoms with van der Waals surface area (Å²) in [7, 11) is 2.26. The minimum absolute atomic E-state index is 0.583. The van der Waals surface area contributed by atoms with Gasteiger partial charge < -0.3 is 0 Å². The van der Waals surface area contributed by atoms with Crippen molar-refractivity contribution in [3.63, 3.8) is 0 Å². The Morgan fingerprint density at radius 2 is 1.54 bits per heavy atom. The van der Waals surface area contributed by atoms with E-state index in [9.17, 15) is 0 Å². The highest BCUT2D eigenvalue weighted by atomic mass is 15.1. The highest BCUT2D eigenvalue weighted by Crippen LogP contribution is 2.44. The molecule has 1 aromatic heterocycles. The monoisotopic (exact) mass is 364 g/mol. The zero-order chi connectivity index (χ0) is 18.9. The summed E-state index contributed by atoms with van der Waals surface area (Å²) in [6.45, 7) is 1.18. The van der Waals surface area contributed by atoms with Crippen LogP contribution in [0.4, 0.5) is 0 Å². The van der Waals surface area contributed by atoms with E-state index in [1.54, 1.807) is 11.1 Å². The van der Waals surface area contributed by atoms with E-state index in [4.69, 9.17) is 0 Å². The van der Waals surface area contributed by atoms with Gasteiger partial charge in [0.25, 0.3) is 0 Å². The molecule has 0 saturated carbocycles. The molecule has 0 fully saturated rings. The fourth-order valence-corrected chi connectivity index (χ4v) is 4.59. The number of benzene rings is 3. The fraction of sp³-hybridized carbons (Fsp3) is 0.192. The van der Waals surface area contributed by atoms with Gasteiger partial charge in [0, 0.05) is 25.0 Å². The van der Waals surface area contributed by atoms with Crippen LogP contribution in [0.15, 0.2) is 85.2 Å². The maximum Gasteiger partial charge on any atom is 0.0394 e. The number of fused-ring (bicyclic) bond motifs is 3. The summed E-state index contributed by atoms with van der Waals surface area (Å²) in [5, 5.41) is 2.45. The number of aromatic nitrogens is 1. The Morgan fingerprint density at radius 1 is 0.786 bits per heavy atom. The molecule has 0 spiro atoms. The Hall–Kier alpha value is -2.97. The second kappa shape index (κ2) is 7.21. The van der Waals surface area contributed by atoms with Crippen molar-refractivity contribution < 1.29 is 0 Å². The van der Waals surface area contributed by atoms with Crippen LogP contribution in [0.2, 0.25) is 0 Å². The molecule has 2 aliphatic rings. The molecule has 6 rings (SSSR count). The summed E-state index contributed by atoms with van der Waals surface area (Å²) in [6.07, 6.45) is 6.03. The van der Waals surface area contributed by atoms with Crippen LogP contribution in [0.25, 0.3) is 21.9 Å². The zero-order valence-electron chi connectivity index (χ0n) is 16.2. The van der Waals surface area contributed by atoms with E-state index in [0.717, 1.165) is 6.42 Å². The molecular formula is C26H24N2. The first-order chi connectivity index (χ1) is 13.8. The molecule has 2 heteroatoms. The van der Waals surface area contributed by atoms with Gasteiger partial charge in [-0.3, -0.25) is 9.88 Å². The van der Waals surface area contributed by atoms with Crippen LogP contribution in [-0.2, 0) is 12.8 Å². The second-order valence-electron chi connectivity index (χ2n) is 7.71. The number of pyridine rings is 1. The van der Waals surface area contributed by atoms with Crippen molar-refractivity contribution in [3.8, 4) is 11.1 Å². The lowest BCUT2D eigenvalue weighted by Gasteiger charge is -2.39. The number of hydrogen-bond acceptors (Lipinski definition) is 2. The highest BCUT2D eigenvalue weighted by molar-refractivity contribution is 5.81. The molecule has 0 bridgehead atoms. The Balaban J connectivity index is 0.000000145. The average Bonchev–Trinajstić information content (AvgIpc) is 2.77. The average molecular weight is 364 g/mol. The van der Waals surface area contributed by atoms with Crippen molar-refractivity contribution in [1.82, 2.24) is 9.88 Å². The van der Waals surface area contributed by atoms with Crippen LogP contribution in [0, 0.1) is 0 Å². The van der Waals surface area contributed by atoms with Crippen LogP contribution in [0.1, 0.15) is 22.7 Å². The maximum absolute atomic E-state index is 4.01. The summed E-state index contributed by atoms with van der Waals surface area (Å²) in [6, 6.07) is 26.5. The van der Waals surface area contributed by atoms with E-state index in [1.165, 1.54) is 40.4 Å². The first-order valence-electron chi connectivity index (χ1n) is 10.0. The molecule has 28 heavy (non-hydrogen) atoms. The topological polar surface area (TPSA) is 16.1 Å². The Morgan fingerprint density at radius 3 is 2.43 bits per heavy atom. The normalized spacial score (nSPS) is 17.2. The predicted molar refractivity (Wildman–Crippen MR) is 116 cm³/mol. The molecule has 0 radical (unpaired) electrons. The van der Waals surface area contributed by atoms with Crippen molar-refractivity contribution in [1.29, 1.82) is 0 Å². The summed E-state index contributed by atoms with van der Waals surface area (Å²) in [5.74, 6) is 0. The van der Waals surface area contributed by atoms with Gasteiger partial charge in [-0.2, -0.15) is 0 Å². The number of rotatable bonds is 0. The van der Waals surface area contributed by atoms with E-state index in [0.29, 0.717) is 6.04 Å². The second-order valence-corrected chi connectivity index (χ2v) is 7.71. The maximum atomic E-state index is 4.01. The standard InChI is InChI=1S/C17H17N.C9H7N/c1-18-10-9-12-6-4-8-15-14-7-3-2-5-13(14)11-16(18)17(12)15;1-2-4-9-7-10-6-5-8(9)3-1/h2-8,16H,9-11H2,1H3;1-7H. The van der Waals surface area contributed by atoms with Crippen molar-refractivity contribution in [2.75, 3.05) is 13.6 Å². The van der Waals surface area contributed by atoms with Gasteiger partial charge in [0.1, 0.15) is 0 Å². The third kappa shape index (κ3) is 3.00. The van der Waals surface area contributed by atoms with Gasteiger partial charge in [-0.1, -0.05) is 66.7 Å². The first kappa shape index (κ1) is 17.2. The van der Waals surface area contributed by atoms with E-state index in [-0.39, 0.29) is 0 Å². The molecule has 3 aromatic carbocycles. The molecule has 0 amide bonds. The van der Waals surface area contributed by atoms with E-state index < -0.39 is 0 Å². The molecule has 1 aliphatic carbocycles. The summed E-state index contributed by atoms with van der Waals surface area (Å²) in [5.41, 5.74) is 7.56. The van der Waals surface area contributed by atoms with E-state index >= 15 is 0 Å². The molecule has 0 saturated heterocycles. The number of likely N-dealkylation sites (N-methyl/N-ethyl adjacent to an activating group) is 1. The van der Waals surface area contributed by atoms with Crippen molar-refractivity contribution in [2.45, 2.75) is 18.9 Å². The largest absolute Gasteiger partial charge is 0.299 e. The molecular weight excluding hydrogens is 340 g/mol. The van der Waals surface area contributed by atoms with Crippen LogP contribution in [0.3, 0.4) is 0 Å². The quantitative estimate of drug-likeness (QED) is 0.399. The molecule has 1 aliphatic heterocycles. The van der Waals surface area contributed by atoms with Gasteiger partial charge in [0.2, 0.25) is 0 Å². The lowest BCUT2D eigenvalue weighted by Crippen LogP contribution is -2.35. The SMILES string of the molecule is CN1CCc2cccc3c2C1Cc1ccccc1-3.c1ccc2cnccc2c1. The van der Waals surface area contributed by atoms with Gasteiger partial charge in [0.05, 0.1) is 0 Å². The van der Waals surface area contributed by atoms with E-state index in [2.05, 4.69) is 71.5 Å². The molecule has 0 N–H and O–H groups in total. The summed E-state index contributed by atoms with van der Waals surface area (Å²) >= 11 is 0. The van der Waals surface area contributed by atoms with Gasteiger partial charge in [-0.25, -0.2) is 0 Å². The Labute approximate surface area is 166 Å². The van der Waals surface area contributed by atoms with Crippen LogP contribution < -0.4 is 0 Å². The molecule has 1 unspecified atom stereocenters. The third-order valence-corrected chi connectivity index (χ3v) is 6.07. The van der Waals surface area contributed by atoms with Crippen molar-refractivity contribution >= 4 is 10.8 Å². The third-order valence-electron chi connectivity index (χ3n) is 6.07. The lowest BCUT2D eigenvalue weighted by molar-refractivity contribution is 0.228. The molecule has 4 aromatic rings. The van der Waals surface area contributed by atoms with Gasteiger partial charge in [-0.05, 0) is 64.5 Å². The molecule has 138 valence electrons. The summed E-state index contributed by atoms with van der Waals surface area (Å²) in [4.78, 5) is 6.53. The molecule has 1 atom stereocenters. The fourth-order valence-electron chi connectivity index (χ4n) is 4.59. The molecule has 2 nitrogen and oxygen atoms in total. The minimum Gasteiger partial charge on any atom is -0.299 e. The van der Waals surface area contributed by atoms with Crippen LogP contribution >= 0.6 is 0 Å². The van der Waals surface area contributed by atoms with E-state index in [1.807, 2.05) is 30.6 Å². The highest BCUT2D eigenvalue weighted by Gasteiger charge is 2.31. The lowest BCUT2D eigenvalue weighted by atomic mass is 9.77. The Kier molecular flexibility index (Phi) is 4.42. The predicted octanol–water partition coefficient (Wildman–Crippen LogP) is 5.67. The van der Waals surface area contributed by atoms with Gasteiger partial charge in [-0.15, -0.1) is 0 Å². The van der Waals surface area contributed by atoms with Gasteiger partial charge >= 0.3 is 0 Å². The summed E-state index contributed by atoms with van der Waals surface area (Å²) < 4.78 is 0. The van der Waals surface area contributed by atoms with Crippen molar-refractivity contribution in [3.05, 3.63) is 102 Å². The number of hydrogen-bond donors (Lipinski definition) is 0. The van der Waals surface area contributed by atoms with Crippen LogP contribution in [-0.4, -0.2) is 23.5 Å².